The molecule has 0 bridgehead atoms. The second-order valence-corrected chi connectivity index (χ2v) is 4.26. The molecule has 1 rings (SSSR count). The Morgan fingerprint density at radius 1 is 1.33 bits per heavy atom. The maximum absolute atomic E-state index is 10.7. The van der Waals surface area contributed by atoms with Crippen LogP contribution in [-0.2, 0) is 4.79 Å². The van der Waals surface area contributed by atoms with Crippen molar-refractivity contribution < 1.29 is 4.79 Å². The normalized spacial score (nSPS) is 11.6. The number of hydrogen-bond donors (Lipinski definition) is 2. The summed E-state index contributed by atoms with van der Waals surface area (Å²) in [6.45, 7) is 4.85. The molecule has 0 fully saturated rings. The van der Waals surface area contributed by atoms with Crippen molar-refractivity contribution in [1.29, 1.82) is 5.26 Å². The third-order valence-corrected chi connectivity index (χ3v) is 2.62. The van der Waals surface area contributed by atoms with Gasteiger partial charge in [-0.15, -0.1) is 0 Å². The van der Waals surface area contributed by atoms with Crippen molar-refractivity contribution in [3.05, 3.63) is 35.4 Å². The van der Waals surface area contributed by atoms with Gasteiger partial charge >= 0.3 is 0 Å². The summed E-state index contributed by atoms with van der Waals surface area (Å²) in [5, 5.41) is 15.0. The van der Waals surface area contributed by atoms with Crippen LogP contribution in [0.2, 0.25) is 0 Å². The Morgan fingerprint density at radius 3 is 2.56 bits per heavy atom. The van der Waals surface area contributed by atoms with E-state index < -0.39 is 0 Å². The smallest absolute Gasteiger partial charge is 0.216 e. The number of carbonyl (C=O) groups excluding carboxylic acids is 1. The topological polar surface area (TPSA) is 64.9 Å². The number of nitrogens with one attached hydrogen (secondary N) is 2. The summed E-state index contributed by atoms with van der Waals surface area (Å²) in [5.74, 6) is -0.0228. The van der Waals surface area contributed by atoms with Crippen molar-refractivity contribution in [1.82, 2.24) is 10.6 Å². The minimum atomic E-state index is -0.289. The zero-order valence-electron chi connectivity index (χ0n) is 10.9. The molecule has 0 spiro atoms. The molecule has 18 heavy (non-hydrogen) atoms. The zero-order valence-corrected chi connectivity index (χ0v) is 10.9. The van der Waals surface area contributed by atoms with Crippen molar-refractivity contribution in [2.24, 2.45) is 0 Å². The van der Waals surface area contributed by atoms with E-state index in [2.05, 4.69) is 16.7 Å². The van der Waals surface area contributed by atoms with Crippen LogP contribution in [0.4, 0.5) is 0 Å². The fourth-order valence-electron chi connectivity index (χ4n) is 1.60. The highest BCUT2D eigenvalue weighted by Gasteiger charge is 2.08. The van der Waals surface area contributed by atoms with Crippen LogP contribution in [-0.4, -0.2) is 19.0 Å². The van der Waals surface area contributed by atoms with E-state index in [0.717, 1.165) is 12.0 Å². The quantitative estimate of drug-likeness (QED) is 0.749. The summed E-state index contributed by atoms with van der Waals surface area (Å²) < 4.78 is 0. The maximum atomic E-state index is 10.7. The molecule has 0 aliphatic carbocycles. The lowest BCUT2D eigenvalue weighted by Gasteiger charge is -2.12. The predicted molar refractivity (Wildman–Crippen MR) is 70.8 cm³/mol. The average molecular weight is 245 g/mol. The first-order valence-electron chi connectivity index (χ1n) is 6.07. The van der Waals surface area contributed by atoms with Crippen molar-refractivity contribution in [3.8, 4) is 6.07 Å². The molecule has 1 amide bonds. The van der Waals surface area contributed by atoms with E-state index in [9.17, 15) is 4.79 Å². The summed E-state index contributed by atoms with van der Waals surface area (Å²) in [6.07, 6.45) is 0.809. The van der Waals surface area contributed by atoms with Crippen LogP contribution < -0.4 is 10.6 Å². The molecule has 0 radical (unpaired) electrons. The molecule has 0 saturated carbocycles. The molecule has 2 N–H and O–H groups in total. The van der Waals surface area contributed by atoms with E-state index in [-0.39, 0.29) is 11.9 Å². The maximum Gasteiger partial charge on any atom is 0.216 e. The van der Waals surface area contributed by atoms with Crippen LogP contribution in [0, 0.1) is 18.3 Å². The Labute approximate surface area is 108 Å². The molecule has 0 aliphatic heterocycles. The number of nitrogens with zero attached hydrogens (tertiary/aromatic N) is 1. The van der Waals surface area contributed by atoms with Crippen molar-refractivity contribution >= 4 is 5.91 Å². The van der Waals surface area contributed by atoms with Gasteiger partial charge in [0.05, 0.1) is 6.07 Å². The van der Waals surface area contributed by atoms with Crippen LogP contribution in [0.5, 0.6) is 0 Å². The first-order valence-corrected chi connectivity index (χ1v) is 6.07. The summed E-state index contributed by atoms with van der Waals surface area (Å²) in [6, 6.07) is 9.87. The van der Waals surface area contributed by atoms with Crippen LogP contribution >= 0.6 is 0 Å². The van der Waals surface area contributed by atoms with Crippen molar-refractivity contribution in [2.75, 3.05) is 13.1 Å². The fraction of sp³-hybridized carbons (Fsp3) is 0.429. The van der Waals surface area contributed by atoms with Gasteiger partial charge in [-0.25, -0.2) is 0 Å². The molecule has 0 aromatic heterocycles. The first-order chi connectivity index (χ1) is 8.63. The Bertz CT molecular complexity index is 420. The van der Waals surface area contributed by atoms with Gasteiger partial charge in [0.1, 0.15) is 6.04 Å². The third-order valence-electron chi connectivity index (χ3n) is 2.62. The van der Waals surface area contributed by atoms with Crippen molar-refractivity contribution in [2.45, 2.75) is 26.3 Å². The number of hydrogen-bond acceptors (Lipinski definition) is 3. The van der Waals surface area contributed by atoms with Gasteiger partial charge in [-0.2, -0.15) is 5.26 Å². The molecule has 4 nitrogen and oxygen atoms in total. The van der Waals surface area contributed by atoms with E-state index in [0.29, 0.717) is 13.1 Å². The van der Waals surface area contributed by atoms with Gasteiger partial charge in [-0.3, -0.25) is 10.1 Å². The highest BCUT2D eigenvalue weighted by molar-refractivity contribution is 5.72. The number of rotatable bonds is 6. The van der Waals surface area contributed by atoms with Crippen LogP contribution in [0.1, 0.15) is 30.5 Å². The molecule has 0 saturated heterocycles. The van der Waals surface area contributed by atoms with Gasteiger partial charge in [-0.1, -0.05) is 29.8 Å². The molecule has 96 valence electrons. The van der Waals surface area contributed by atoms with Gasteiger partial charge < -0.3 is 5.32 Å². The second kappa shape index (κ2) is 7.46. The highest BCUT2D eigenvalue weighted by Crippen LogP contribution is 2.12. The van der Waals surface area contributed by atoms with Crippen LogP contribution in [0.25, 0.3) is 0 Å². The van der Waals surface area contributed by atoms with Crippen LogP contribution in [0.3, 0.4) is 0 Å². The van der Waals surface area contributed by atoms with Gasteiger partial charge in [0, 0.05) is 13.5 Å². The van der Waals surface area contributed by atoms with E-state index in [4.69, 9.17) is 5.26 Å². The number of carbonyl (C=O) groups is 1. The molecular formula is C14H19N3O. The Hall–Kier alpha value is -1.86. The molecule has 0 heterocycles. The van der Waals surface area contributed by atoms with E-state index in [1.54, 1.807) is 0 Å². The van der Waals surface area contributed by atoms with Gasteiger partial charge in [0.15, 0.2) is 0 Å². The molecule has 1 aromatic rings. The first kappa shape index (κ1) is 14.2. The lowest BCUT2D eigenvalue weighted by molar-refractivity contribution is -0.118. The van der Waals surface area contributed by atoms with Crippen molar-refractivity contribution in [3.63, 3.8) is 0 Å². The Morgan fingerprint density at radius 2 is 2.00 bits per heavy atom. The molecule has 1 atom stereocenters. The second-order valence-electron chi connectivity index (χ2n) is 4.26. The molecule has 1 aromatic carbocycles. The zero-order chi connectivity index (χ0) is 13.4. The van der Waals surface area contributed by atoms with E-state index >= 15 is 0 Å². The average Bonchev–Trinajstić information content (AvgIpc) is 2.35. The number of benzene rings is 1. The molecular weight excluding hydrogens is 226 g/mol. The lowest BCUT2D eigenvalue weighted by Crippen LogP contribution is -2.27. The van der Waals surface area contributed by atoms with Gasteiger partial charge in [0.2, 0.25) is 5.91 Å². The largest absolute Gasteiger partial charge is 0.356 e. The lowest BCUT2D eigenvalue weighted by atomic mass is 10.1. The molecule has 0 aliphatic rings. The predicted octanol–water partition coefficient (Wildman–Crippen LogP) is 1.68. The number of nitriles is 1. The van der Waals surface area contributed by atoms with Gasteiger partial charge in [0.25, 0.3) is 0 Å². The van der Waals surface area contributed by atoms with Gasteiger partial charge in [-0.05, 0) is 25.5 Å². The standard InChI is InChI=1S/C14H19N3O/c1-11-4-6-13(7-5-11)14(10-15)17-9-3-8-16-12(2)18/h4-7,14,17H,3,8-9H2,1-2H3,(H,16,18). The Balaban J connectivity index is 2.37. The minimum Gasteiger partial charge on any atom is -0.356 e. The summed E-state index contributed by atoms with van der Waals surface area (Å²) >= 11 is 0. The number of amides is 1. The highest BCUT2D eigenvalue weighted by atomic mass is 16.1. The summed E-state index contributed by atoms with van der Waals surface area (Å²) in [7, 11) is 0. The minimum absolute atomic E-state index is 0.0228. The van der Waals surface area contributed by atoms with E-state index in [1.165, 1.54) is 12.5 Å². The third kappa shape index (κ3) is 4.98. The fourth-order valence-corrected chi connectivity index (χ4v) is 1.60. The number of aryl methyl sites for hydroxylation is 1. The summed E-state index contributed by atoms with van der Waals surface area (Å²) in [4.78, 5) is 10.7. The van der Waals surface area contributed by atoms with Crippen LogP contribution in [0.15, 0.2) is 24.3 Å². The SMILES string of the molecule is CC(=O)NCCCNC(C#N)c1ccc(C)cc1. The Kier molecular flexibility index (Phi) is 5.89. The molecule has 1 unspecified atom stereocenters. The monoisotopic (exact) mass is 245 g/mol. The summed E-state index contributed by atoms with van der Waals surface area (Å²) in [5.41, 5.74) is 2.16. The van der Waals surface area contributed by atoms with E-state index in [1.807, 2.05) is 31.2 Å². The molecule has 4 heteroatoms.